The number of carbonyl (C=O) groups is 2. The Bertz CT molecular complexity index is 1460. The first kappa shape index (κ1) is 31.2. The number of benzene rings is 1. The maximum Gasteiger partial charge on any atom is 0.312 e. The Labute approximate surface area is 263 Å². The smallest absolute Gasteiger partial charge is 0.312 e. The number of ether oxygens (including phenoxy) is 1. The molecule has 1 aromatic rings. The molecule has 0 unspecified atom stereocenters. The van der Waals surface area contributed by atoms with Gasteiger partial charge in [0, 0.05) is 17.5 Å². The van der Waals surface area contributed by atoms with Gasteiger partial charge in [0.25, 0.3) is 5.69 Å². The van der Waals surface area contributed by atoms with Crippen molar-refractivity contribution < 1.29 is 19.2 Å². The van der Waals surface area contributed by atoms with E-state index in [9.17, 15) is 19.7 Å². The van der Waals surface area contributed by atoms with Crippen molar-refractivity contribution >= 4 is 23.5 Å². The number of hydrogen-bond donors (Lipinski definition) is 0. The second-order valence-electron chi connectivity index (χ2n) is 16.6. The van der Waals surface area contributed by atoms with Crippen LogP contribution in [0.15, 0.2) is 42.0 Å². The van der Waals surface area contributed by atoms with Gasteiger partial charge in [0.1, 0.15) is 0 Å². The summed E-state index contributed by atoms with van der Waals surface area (Å²) in [6.45, 7) is 18.4. The lowest BCUT2D eigenvalue weighted by Crippen LogP contribution is -2.67. The quantitative estimate of drug-likeness (QED) is 0.113. The minimum Gasteiger partial charge on any atom is -0.469 e. The maximum atomic E-state index is 14.1. The van der Waals surface area contributed by atoms with Crippen molar-refractivity contribution in [2.45, 2.75) is 99.3 Å². The van der Waals surface area contributed by atoms with Gasteiger partial charge in [0.05, 0.1) is 17.4 Å². The SMILES string of the molecule is C=C(C)[C@@H]1CC[C@]2(C(=O)OC)CC[C@]3(C)[C@H](CC[C@@H]4[C@@]5(C)C/C(=C/c6cccc([N+](=O)[O-])c6)C(=O)C(C)(C)[C@@H]5CC[C@]43C)[C@H]12. The lowest BCUT2D eigenvalue weighted by molar-refractivity contribution is -0.384. The van der Waals surface area contributed by atoms with E-state index < -0.39 is 10.8 Å². The number of carbonyl (C=O) groups excluding carboxylic acids is 2. The largest absolute Gasteiger partial charge is 0.469 e. The van der Waals surface area contributed by atoms with Crippen LogP contribution in [-0.2, 0) is 14.3 Å². The van der Waals surface area contributed by atoms with Crippen molar-refractivity contribution in [2.75, 3.05) is 7.11 Å². The van der Waals surface area contributed by atoms with Crippen LogP contribution in [0, 0.1) is 66.8 Å². The highest BCUT2D eigenvalue weighted by molar-refractivity contribution is 6.04. The second kappa shape index (κ2) is 10.1. The van der Waals surface area contributed by atoms with Crippen molar-refractivity contribution in [3.8, 4) is 0 Å². The van der Waals surface area contributed by atoms with Crippen molar-refractivity contribution in [3.05, 3.63) is 57.7 Å². The van der Waals surface area contributed by atoms with Gasteiger partial charge in [-0.15, -0.1) is 0 Å². The van der Waals surface area contributed by atoms with E-state index >= 15 is 0 Å². The molecule has 0 amide bonds. The minimum atomic E-state index is -0.512. The molecule has 0 aliphatic heterocycles. The number of nitro benzene ring substituents is 1. The first-order valence-electron chi connectivity index (χ1n) is 16.8. The Hall–Kier alpha value is -2.76. The Morgan fingerprint density at radius 1 is 1.00 bits per heavy atom. The first-order valence-corrected chi connectivity index (χ1v) is 16.8. The van der Waals surface area contributed by atoms with E-state index in [0.717, 1.165) is 56.9 Å². The van der Waals surface area contributed by atoms with Gasteiger partial charge in [0.2, 0.25) is 0 Å². The number of hydrogen-bond acceptors (Lipinski definition) is 5. The summed E-state index contributed by atoms with van der Waals surface area (Å²) in [6, 6.07) is 6.64. The molecule has 0 bridgehead atoms. The Morgan fingerprint density at radius 3 is 2.39 bits per heavy atom. The van der Waals surface area contributed by atoms with Crippen LogP contribution in [0.2, 0.25) is 0 Å². The van der Waals surface area contributed by atoms with Gasteiger partial charge in [-0.05, 0) is 128 Å². The van der Waals surface area contributed by atoms with E-state index in [1.54, 1.807) is 19.2 Å². The van der Waals surface area contributed by atoms with Crippen molar-refractivity contribution in [3.63, 3.8) is 0 Å². The van der Waals surface area contributed by atoms with Crippen LogP contribution in [0.3, 0.4) is 0 Å². The number of nitro groups is 1. The maximum absolute atomic E-state index is 14.1. The fraction of sp³-hybridized carbons (Fsp3) is 0.684. The molecule has 0 spiro atoms. The lowest BCUT2D eigenvalue weighted by atomic mass is 9.32. The highest BCUT2D eigenvalue weighted by Gasteiger charge is 2.72. The Balaban J connectivity index is 1.41. The Kier molecular flexibility index (Phi) is 7.18. The van der Waals surface area contributed by atoms with Crippen LogP contribution >= 0.6 is 0 Å². The lowest BCUT2D eigenvalue weighted by Gasteiger charge is -2.72. The third kappa shape index (κ3) is 4.04. The molecule has 6 rings (SSSR count). The molecule has 5 aliphatic carbocycles. The fourth-order valence-electron chi connectivity index (χ4n) is 12.6. The van der Waals surface area contributed by atoms with Gasteiger partial charge in [-0.2, -0.15) is 0 Å². The summed E-state index contributed by atoms with van der Waals surface area (Å²) in [4.78, 5) is 38.7. The van der Waals surface area contributed by atoms with Crippen LogP contribution in [0.1, 0.15) is 105 Å². The summed E-state index contributed by atoms with van der Waals surface area (Å²) in [5, 5.41) is 11.5. The van der Waals surface area contributed by atoms with Crippen molar-refractivity contribution in [1.29, 1.82) is 0 Å². The molecule has 1 aromatic carbocycles. The standard InChI is InChI=1S/C38H51NO5/c1-23(2)27-14-17-38(33(41)44-8)19-18-36(6)28(31(27)38)12-13-30-35(5)22-25(20-24-10-9-11-26(21-24)39(42)43)32(40)34(3,4)29(35)15-16-37(30,36)7/h9-11,20-21,27-31H,1,12-19,22H2,2-8H3/b25-20-/t27-,28+,29-,30+,31-,35-,36+,37+,38-/m0/s1. The van der Waals surface area contributed by atoms with E-state index in [4.69, 9.17) is 4.74 Å². The molecule has 9 atom stereocenters. The predicted molar refractivity (Wildman–Crippen MR) is 172 cm³/mol. The first-order chi connectivity index (χ1) is 20.6. The molecule has 0 N–H and O–H groups in total. The number of ketones is 1. The molecule has 5 fully saturated rings. The number of Topliss-reactive ketones (excluding diaryl/α,β-unsaturated/α-hetero) is 1. The van der Waals surface area contributed by atoms with Crippen LogP contribution in [-0.4, -0.2) is 23.8 Å². The normalized spacial score (nSPS) is 43.3. The van der Waals surface area contributed by atoms with E-state index in [-0.39, 0.29) is 50.4 Å². The van der Waals surface area contributed by atoms with E-state index in [1.807, 2.05) is 12.1 Å². The van der Waals surface area contributed by atoms with E-state index in [0.29, 0.717) is 29.7 Å². The predicted octanol–water partition coefficient (Wildman–Crippen LogP) is 8.99. The number of non-ortho nitro benzene ring substituents is 1. The van der Waals surface area contributed by atoms with Gasteiger partial charge < -0.3 is 4.74 Å². The highest BCUT2D eigenvalue weighted by atomic mass is 16.6. The van der Waals surface area contributed by atoms with Gasteiger partial charge in [-0.25, -0.2) is 0 Å². The number of methoxy groups -OCH3 is 1. The zero-order chi connectivity index (χ0) is 32.0. The summed E-state index contributed by atoms with van der Waals surface area (Å²) in [5.74, 6) is 1.93. The molecule has 0 heterocycles. The van der Waals surface area contributed by atoms with Crippen LogP contribution in [0.4, 0.5) is 5.69 Å². The molecule has 6 nitrogen and oxygen atoms in total. The Morgan fingerprint density at radius 2 is 1.73 bits per heavy atom. The number of rotatable bonds is 4. The number of allylic oxidation sites excluding steroid dienone is 2. The zero-order valence-corrected chi connectivity index (χ0v) is 27.8. The van der Waals surface area contributed by atoms with Crippen LogP contribution < -0.4 is 0 Å². The molecule has 0 aromatic heterocycles. The number of nitrogens with zero attached hydrogens (tertiary/aromatic N) is 1. The number of esters is 1. The minimum absolute atomic E-state index is 0.0142. The van der Waals surface area contributed by atoms with Crippen molar-refractivity contribution in [1.82, 2.24) is 0 Å². The van der Waals surface area contributed by atoms with Crippen LogP contribution in [0.5, 0.6) is 0 Å². The molecule has 238 valence electrons. The molecular weight excluding hydrogens is 550 g/mol. The summed E-state index contributed by atoms with van der Waals surface area (Å²) in [6.07, 6.45) is 10.8. The summed E-state index contributed by atoms with van der Waals surface area (Å²) in [5.41, 5.74) is 1.91. The summed E-state index contributed by atoms with van der Waals surface area (Å²) < 4.78 is 5.52. The van der Waals surface area contributed by atoms with Gasteiger partial charge in [0.15, 0.2) is 5.78 Å². The molecule has 5 saturated carbocycles. The topological polar surface area (TPSA) is 86.5 Å². The zero-order valence-electron chi connectivity index (χ0n) is 27.8. The third-order valence-electron chi connectivity index (χ3n) is 14.7. The molecule has 5 aliphatic rings. The average Bonchev–Trinajstić information content (AvgIpc) is 3.37. The van der Waals surface area contributed by atoms with Gasteiger partial charge in [-0.1, -0.05) is 58.9 Å². The van der Waals surface area contributed by atoms with E-state index in [1.165, 1.54) is 11.6 Å². The molecule has 44 heavy (non-hydrogen) atoms. The highest BCUT2D eigenvalue weighted by Crippen LogP contribution is 2.77. The van der Waals surface area contributed by atoms with Crippen molar-refractivity contribution in [2.24, 2.45) is 56.7 Å². The van der Waals surface area contributed by atoms with Gasteiger partial charge in [-0.3, -0.25) is 19.7 Å². The molecule has 0 saturated heterocycles. The molecular formula is C38H51NO5. The fourth-order valence-corrected chi connectivity index (χ4v) is 12.6. The van der Waals surface area contributed by atoms with Gasteiger partial charge >= 0.3 is 5.97 Å². The average molecular weight is 602 g/mol. The molecule has 0 radical (unpaired) electrons. The second-order valence-corrected chi connectivity index (χ2v) is 16.6. The third-order valence-corrected chi connectivity index (χ3v) is 14.7. The summed E-state index contributed by atoms with van der Waals surface area (Å²) >= 11 is 0. The summed E-state index contributed by atoms with van der Waals surface area (Å²) in [7, 11) is 1.56. The van der Waals surface area contributed by atoms with E-state index in [2.05, 4.69) is 48.1 Å². The van der Waals surface area contributed by atoms with Crippen LogP contribution in [0.25, 0.3) is 6.08 Å². The number of fused-ring (bicyclic) bond motifs is 7. The monoisotopic (exact) mass is 601 g/mol. The molecule has 6 heteroatoms.